The molecule has 2 N–H and O–H groups in total. The van der Waals surface area contributed by atoms with Gasteiger partial charge in [0.15, 0.2) is 0 Å². The Morgan fingerprint density at radius 3 is 2.38 bits per heavy atom. The standard InChI is InChI=1S/C17H20F3N3O3/c1-2-14(24)23-9-16(10-23)7-12(8-16)22-15(25)21-11-3-5-13(6-4-11)26-17(18,19)20/h3-6,12H,2,7-10H2,1H3,(H2,21,22,25). The van der Waals surface area contributed by atoms with Gasteiger partial charge >= 0.3 is 12.4 Å². The van der Waals surface area contributed by atoms with Gasteiger partial charge in [-0.25, -0.2) is 4.79 Å². The second kappa shape index (κ2) is 6.69. The summed E-state index contributed by atoms with van der Waals surface area (Å²) in [4.78, 5) is 25.4. The Labute approximate surface area is 148 Å². The lowest BCUT2D eigenvalue weighted by Gasteiger charge is -2.59. The van der Waals surface area contributed by atoms with Crippen LogP contribution in [-0.2, 0) is 4.79 Å². The molecule has 1 spiro atoms. The summed E-state index contributed by atoms with van der Waals surface area (Å²) < 4.78 is 40.1. The van der Waals surface area contributed by atoms with Gasteiger partial charge in [0.25, 0.3) is 0 Å². The van der Waals surface area contributed by atoms with Gasteiger partial charge in [-0.3, -0.25) is 4.79 Å². The number of hydrogen-bond acceptors (Lipinski definition) is 3. The van der Waals surface area contributed by atoms with E-state index in [9.17, 15) is 22.8 Å². The summed E-state index contributed by atoms with van der Waals surface area (Å²) in [5, 5.41) is 5.41. The van der Waals surface area contributed by atoms with Crippen LogP contribution in [0.2, 0.25) is 0 Å². The first-order valence-corrected chi connectivity index (χ1v) is 8.39. The largest absolute Gasteiger partial charge is 0.573 e. The maximum atomic E-state index is 12.1. The van der Waals surface area contributed by atoms with Crippen LogP contribution in [0.4, 0.5) is 23.7 Å². The van der Waals surface area contributed by atoms with Crippen LogP contribution in [-0.4, -0.2) is 42.3 Å². The van der Waals surface area contributed by atoms with Crippen LogP contribution in [0.25, 0.3) is 0 Å². The van der Waals surface area contributed by atoms with Crippen LogP contribution >= 0.6 is 0 Å². The summed E-state index contributed by atoms with van der Waals surface area (Å²) in [6.07, 6.45) is -2.59. The molecule has 1 saturated heterocycles. The number of halogens is 3. The van der Waals surface area contributed by atoms with Crippen molar-refractivity contribution in [3.8, 4) is 5.75 Å². The fraction of sp³-hybridized carbons (Fsp3) is 0.529. The normalized spacial score (nSPS) is 18.7. The molecule has 0 radical (unpaired) electrons. The van der Waals surface area contributed by atoms with E-state index in [0.29, 0.717) is 12.1 Å². The highest BCUT2D eigenvalue weighted by Gasteiger charge is 2.53. The lowest BCUT2D eigenvalue weighted by molar-refractivity contribution is -0.274. The molecule has 3 rings (SSSR count). The number of ether oxygens (including phenoxy) is 1. The van der Waals surface area contributed by atoms with Crippen LogP contribution in [0.1, 0.15) is 26.2 Å². The molecule has 2 aliphatic rings. The maximum Gasteiger partial charge on any atom is 0.573 e. The Kier molecular flexibility index (Phi) is 4.72. The molecule has 0 aromatic heterocycles. The number of hydrogen-bond donors (Lipinski definition) is 2. The van der Waals surface area contributed by atoms with Gasteiger partial charge in [0.05, 0.1) is 0 Å². The molecule has 3 amide bonds. The number of anilines is 1. The van der Waals surface area contributed by atoms with Crippen molar-refractivity contribution in [3.05, 3.63) is 24.3 Å². The third-order valence-corrected chi connectivity index (χ3v) is 4.75. The number of carbonyl (C=O) groups excluding carboxylic acids is 2. The van der Waals surface area contributed by atoms with E-state index in [4.69, 9.17) is 0 Å². The van der Waals surface area contributed by atoms with Crippen molar-refractivity contribution in [2.45, 2.75) is 38.6 Å². The number of rotatable bonds is 4. The fourth-order valence-electron chi connectivity index (χ4n) is 3.60. The van der Waals surface area contributed by atoms with Gasteiger partial charge in [-0.05, 0) is 37.1 Å². The molecule has 0 unspecified atom stereocenters. The summed E-state index contributed by atoms with van der Waals surface area (Å²) in [6, 6.07) is 4.58. The number of urea groups is 1. The predicted octanol–water partition coefficient (Wildman–Crippen LogP) is 3.11. The van der Waals surface area contributed by atoms with Crippen molar-refractivity contribution in [1.82, 2.24) is 10.2 Å². The van der Waals surface area contributed by atoms with E-state index >= 15 is 0 Å². The number of alkyl halides is 3. The van der Waals surface area contributed by atoms with E-state index in [1.165, 1.54) is 12.1 Å². The van der Waals surface area contributed by atoms with Crippen molar-refractivity contribution < 1.29 is 27.5 Å². The summed E-state index contributed by atoms with van der Waals surface area (Å²) in [5.41, 5.74) is 0.508. The zero-order valence-corrected chi connectivity index (χ0v) is 14.2. The van der Waals surface area contributed by atoms with Crippen LogP contribution in [0.15, 0.2) is 24.3 Å². The Balaban J connectivity index is 1.40. The highest BCUT2D eigenvalue weighted by atomic mass is 19.4. The first-order chi connectivity index (χ1) is 12.2. The highest BCUT2D eigenvalue weighted by Crippen LogP contribution is 2.48. The van der Waals surface area contributed by atoms with Gasteiger partial charge in [0.1, 0.15) is 5.75 Å². The number of amides is 3. The monoisotopic (exact) mass is 371 g/mol. The first-order valence-electron chi connectivity index (χ1n) is 8.39. The molecule has 26 heavy (non-hydrogen) atoms. The number of nitrogens with one attached hydrogen (secondary N) is 2. The van der Waals surface area contributed by atoms with E-state index in [1.807, 2.05) is 11.8 Å². The quantitative estimate of drug-likeness (QED) is 0.854. The summed E-state index contributed by atoms with van der Waals surface area (Å²) in [6.45, 7) is 3.34. The third-order valence-electron chi connectivity index (χ3n) is 4.75. The van der Waals surface area contributed by atoms with E-state index in [2.05, 4.69) is 15.4 Å². The van der Waals surface area contributed by atoms with Crippen molar-refractivity contribution >= 4 is 17.6 Å². The van der Waals surface area contributed by atoms with Crippen LogP contribution in [0, 0.1) is 5.41 Å². The topological polar surface area (TPSA) is 70.7 Å². The van der Waals surface area contributed by atoms with Crippen LogP contribution in [0.3, 0.4) is 0 Å². The molecule has 1 aromatic rings. The van der Waals surface area contributed by atoms with Crippen molar-refractivity contribution in [1.29, 1.82) is 0 Å². The van der Waals surface area contributed by atoms with Gasteiger partial charge in [0, 0.05) is 36.7 Å². The summed E-state index contributed by atoms with van der Waals surface area (Å²) >= 11 is 0. The lowest BCUT2D eigenvalue weighted by atomic mass is 9.60. The molecule has 0 atom stereocenters. The third kappa shape index (κ3) is 4.20. The molecule has 2 fully saturated rings. The number of benzene rings is 1. The minimum atomic E-state index is -4.74. The molecule has 0 bridgehead atoms. The predicted molar refractivity (Wildman–Crippen MR) is 87.6 cm³/mol. The molecule has 1 aliphatic heterocycles. The summed E-state index contributed by atoms with van der Waals surface area (Å²) in [7, 11) is 0. The highest BCUT2D eigenvalue weighted by molar-refractivity contribution is 5.89. The SMILES string of the molecule is CCC(=O)N1CC2(CC(NC(=O)Nc3ccc(OC(F)(F)F)cc3)C2)C1. The second-order valence-corrected chi connectivity index (χ2v) is 6.88. The first kappa shape index (κ1) is 18.3. The van der Waals surface area contributed by atoms with E-state index in [-0.39, 0.29) is 23.1 Å². The van der Waals surface area contributed by atoms with Crippen molar-refractivity contribution in [3.63, 3.8) is 0 Å². The average molecular weight is 371 g/mol. The number of carbonyl (C=O) groups is 2. The average Bonchev–Trinajstić information content (AvgIpc) is 2.48. The second-order valence-electron chi connectivity index (χ2n) is 6.88. The van der Waals surface area contributed by atoms with Crippen LogP contribution in [0.5, 0.6) is 5.75 Å². The molecular formula is C17H20F3N3O3. The summed E-state index contributed by atoms with van der Waals surface area (Å²) in [5.74, 6) is -0.191. The smallest absolute Gasteiger partial charge is 0.406 e. The molecule has 1 heterocycles. The maximum absolute atomic E-state index is 12.1. The lowest BCUT2D eigenvalue weighted by Crippen LogP contribution is -2.67. The number of likely N-dealkylation sites (tertiary alicyclic amines) is 1. The number of nitrogens with zero attached hydrogens (tertiary/aromatic N) is 1. The Bertz CT molecular complexity index is 677. The molecule has 6 nitrogen and oxygen atoms in total. The molecular weight excluding hydrogens is 351 g/mol. The Hall–Kier alpha value is -2.45. The van der Waals surface area contributed by atoms with Gasteiger partial charge in [-0.1, -0.05) is 6.92 Å². The minimum Gasteiger partial charge on any atom is -0.406 e. The van der Waals surface area contributed by atoms with E-state index in [1.54, 1.807) is 0 Å². The van der Waals surface area contributed by atoms with E-state index < -0.39 is 12.4 Å². The van der Waals surface area contributed by atoms with Crippen molar-refractivity contribution in [2.75, 3.05) is 18.4 Å². The van der Waals surface area contributed by atoms with Gasteiger partial charge in [-0.15, -0.1) is 13.2 Å². The van der Waals surface area contributed by atoms with E-state index in [0.717, 1.165) is 38.1 Å². The zero-order chi connectivity index (χ0) is 18.9. The Morgan fingerprint density at radius 1 is 1.23 bits per heavy atom. The fourth-order valence-corrected chi connectivity index (χ4v) is 3.60. The molecule has 9 heteroatoms. The van der Waals surface area contributed by atoms with Gasteiger partial charge < -0.3 is 20.3 Å². The van der Waals surface area contributed by atoms with Crippen LogP contribution < -0.4 is 15.4 Å². The molecule has 1 aromatic carbocycles. The minimum absolute atomic E-state index is 0.0433. The molecule has 1 aliphatic carbocycles. The Morgan fingerprint density at radius 2 is 1.85 bits per heavy atom. The zero-order valence-electron chi connectivity index (χ0n) is 14.2. The molecule has 1 saturated carbocycles. The van der Waals surface area contributed by atoms with Gasteiger partial charge in [-0.2, -0.15) is 0 Å². The molecule has 142 valence electrons. The van der Waals surface area contributed by atoms with Crippen molar-refractivity contribution in [2.24, 2.45) is 5.41 Å². The van der Waals surface area contributed by atoms with Gasteiger partial charge in [0.2, 0.25) is 5.91 Å².